The normalized spacial score (nSPS) is 20.0. The number of likely N-dealkylation sites (tertiary alicyclic amines) is 1. The Balaban J connectivity index is 0.00000297. The molecule has 4 unspecified atom stereocenters. The summed E-state index contributed by atoms with van der Waals surface area (Å²) in [6.07, 6.45) is 6.18. The third kappa shape index (κ3) is 11.1. The number of aryl methyl sites for hydroxylation is 2. The fourth-order valence-corrected chi connectivity index (χ4v) is 5.89. The van der Waals surface area contributed by atoms with Crippen molar-refractivity contribution in [3.63, 3.8) is 0 Å². The summed E-state index contributed by atoms with van der Waals surface area (Å²) >= 11 is 0. The maximum absolute atomic E-state index is 12.8. The van der Waals surface area contributed by atoms with Crippen LogP contribution in [-0.4, -0.2) is 95.2 Å². The highest BCUT2D eigenvalue weighted by Gasteiger charge is 2.30. The molecule has 5 rings (SSSR count). The number of benzene rings is 2. The standard InChI is InChI=1S/C36H44N6O8.CH4O/c1-23-14-33(50-35-17-28(45)16-29(21-43)49-35)32(18-30(23)38-19-27-6-3-4-12-42(27)22-44)48-13-5-7-34(46)39-26-15-31(41(2)20-26)36(47)40-25-10-8-24(37)9-11-25;1-2/h8-11,14-15,18-22,27-29,35,45H,3-7,12-13,16-17,37H2,1-2H3,(H,39,46)(H,40,47);2H,1H3. The molecular weight excluding hydrogens is 672 g/mol. The zero-order valence-electron chi connectivity index (χ0n) is 29.7. The van der Waals surface area contributed by atoms with E-state index in [9.17, 15) is 24.3 Å². The minimum absolute atomic E-state index is 0.101. The first-order chi connectivity index (χ1) is 25.1. The number of nitrogens with two attached hydrogens (primary N) is 1. The first kappa shape index (κ1) is 39.5. The first-order valence-corrected chi connectivity index (χ1v) is 17.2. The number of piperidine rings is 1. The molecule has 2 aliphatic heterocycles. The van der Waals surface area contributed by atoms with Gasteiger partial charge >= 0.3 is 0 Å². The van der Waals surface area contributed by atoms with Crippen LogP contribution in [0.2, 0.25) is 0 Å². The summed E-state index contributed by atoms with van der Waals surface area (Å²) in [5.74, 6) is 0.105. The van der Waals surface area contributed by atoms with Crippen molar-refractivity contribution in [3.8, 4) is 11.5 Å². The van der Waals surface area contributed by atoms with Crippen molar-refractivity contribution in [1.29, 1.82) is 0 Å². The lowest BCUT2D eigenvalue weighted by molar-refractivity contribution is -0.176. The van der Waals surface area contributed by atoms with E-state index in [2.05, 4.69) is 15.6 Å². The number of nitrogens with one attached hydrogen (secondary N) is 2. The Labute approximate surface area is 302 Å². The number of aldehydes is 1. The van der Waals surface area contributed by atoms with Gasteiger partial charge in [0.05, 0.1) is 30.1 Å². The van der Waals surface area contributed by atoms with Crippen molar-refractivity contribution < 1.29 is 43.6 Å². The Bertz CT molecular complexity index is 1690. The highest BCUT2D eigenvalue weighted by Crippen LogP contribution is 2.37. The number of aliphatic hydroxyl groups excluding tert-OH is 2. The van der Waals surface area contributed by atoms with Crippen LogP contribution in [-0.2, 0) is 26.2 Å². The number of hydrogen-bond donors (Lipinski definition) is 5. The Morgan fingerprint density at radius 3 is 2.56 bits per heavy atom. The lowest BCUT2D eigenvalue weighted by Crippen LogP contribution is -2.39. The van der Waals surface area contributed by atoms with Gasteiger partial charge in [-0.3, -0.25) is 19.4 Å². The van der Waals surface area contributed by atoms with Crippen LogP contribution in [0.3, 0.4) is 0 Å². The van der Waals surface area contributed by atoms with E-state index in [0.717, 1.165) is 38.3 Å². The average Bonchev–Trinajstić information content (AvgIpc) is 3.51. The van der Waals surface area contributed by atoms with Crippen molar-refractivity contribution in [2.45, 2.75) is 76.4 Å². The molecule has 280 valence electrons. The topological polar surface area (TPSA) is 207 Å². The molecule has 0 bridgehead atoms. The summed E-state index contributed by atoms with van der Waals surface area (Å²) in [6.45, 7) is 2.72. The summed E-state index contributed by atoms with van der Waals surface area (Å²) in [5, 5.41) is 22.9. The zero-order chi connectivity index (χ0) is 37.6. The zero-order valence-corrected chi connectivity index (χ0v) is 29.7. The number of carbonyl (C=O) groups excluding carboxylic acids is 4. The van der Waals surface area contributed by atoms with Gasteiger partial charge in [-0.05, 0) is 74.6 Å². The fourth-order valence-electron chi connectivity index (χ4n) is 5.89. The van der Waals surface area contributed by atoms with Gasteiger partial charge in [0.15, 0.2) is 11.5 Å². The molecule has 4 atom stereocenters. The second kappa shape index (κ2) is 19.4. The van der Waals surface area contributed by atoms with E-state index in [4.69, 9.17) is 25.1 Å². The molecule has 0 aliphatic carbocycles. The SMILES string of the molecule is CO.Cc1cc(OC2CC(O)CC(C=O)O2)c(OCCCC(=O)Nc2cc(C(=O)Nc3ccc(N)cc3)n(C)c2)cc1N=CC1CCCCN1C=O. The smallest absolute Gasteiger partial charge is 0.272 e. The van der Waals surface area contributed by atoms with Crippen LogP contribution in [0.1, 0.15) is 61.0 Å². The van der Waals surface area contributed by atoms with Gasteiger partial charge in [-0.15, -0.1) is 0 Å². The number of aliphatic imine (C=N–C) groups is 1. The van der Waals surface area contributed by atoms with Crippen LogP contribution in [0.25, 0.3) is 0 Å². The molecule has 2 fully saturated rings. The molecule has 15 heteroatoms. The Morgan fingerprint density at radius 2 is 1.83 bits per heavy atom. The van der Waals surface area contributed by atoms with Crippen LogP contribution in [0.4, 0.5) is 22.7 Å². The van der Waals surface area contributed by atoms with E-state index in [1.54, 1.807) is 71.4 Å². The molecule has 15 nitrogen and oxygen atoms in total. The Kier molecular flexibility index (Phi) is 14.7. The molecule has 0 saturated carbocycles. The van der Waals surface area contributed by atoms with Gasteiger partial charge in [0, 0.05) is 69.8 Å². The summed E-state index contributed by atoms with van der Waals surface area (Å²) in [7, 11) is 2.71. The van der Waals surface area contributed by atoms with E-state index in [1.165, 1.54) is 0 Å². The third-order valence-corrected chi connectivity index (χ3v) is 8.58. The van der Waals surface area contributed by atoms with Gasteiger partial charge in [0.2, 0.25) is 18.6 Å². The van der Waals surface area contributed by atoms with Gasteiger partial charge in [0.25, 0.3) is 5.91 Å². The maximum Gasteiger partial charge on any atom is 0.272 e. The van der Waals surface area contributed by atoms with Gasteiger partial charge in [-0.25, -0.2) is 0 Å². The number of rotatable bonds is 14. The number of anilines is 3. The summed E-state index contributed by atoms with van der Waals surface area (Å²) < 4.78 is 19.5. The van der Waals surface area contributed by atoms with Crippen LogP contribution in [0.5, 0.6) is 11.5 Å². The van der Waals surface area contributed by atoms with Crippen molar-refractivity contribution in [2.24, 2.45) is 12.0 Å². The summed E-state index contributed by atoms with van der Waals surface area (Å²) in [4.78, 5) is 55.0. The molecule has 2 saturated heterocycles. The van der Waals surface area contributed by atoms with Crippen LogP contribution < -0.4 is 25.8 Å². The number of hydrogen-bond acceptors (Lipinski definition) is 11. The number of amides is 3. The van der Waals surface area contributed by atoms with Gasteiger partial charge < -0.3 is 55.1 Å². The Hall–Kier alpha value is -5.25. The van der Waals surface area contributed by atoms with Gasteiger partial charge in [-0.2, -0.15) is 0 Å². The molecule has 3 heterocycles. The molecular formula is C37H48N6O9. The average molecular weight is 721 g/mol. The van der Waals surface area contributed by atoms with Crippen LogP contribution in [0.15, 0.2) is 53.7 Å². The van der Waals surface area contributed by atoms with Crippen LogP contribution in [0, 0.1) is 6.92 Å². The molecule has 3 aromatic rings. The summed E-state index contributed by atoms with van der Waals surface area (Å²) in [5.41, 5.74) is 9.15. The fraction of sp³-hybridized carbons (Fsp3) is 0.432. The number of aromatic nitrogens is 1. The van der Waals surface area contributed by atoms with Crippen molar-refractivity contribution in [1.82, 2.24) is 9.47 Å². The van der Waals surface area contributed by atoms with E-state index in [0.29, 0.717) is 59.2 Å². The van der Waals surface area contributed by atoms with Gasteiger partial charge in [-0.1, -0.05) is 0 Å². The molecule has 3 amide bonds. The molecule has 2 aliphatic rings. The number of aliphatic hydroxyl groups is 2. The van der Waals surface area contributed by atoms with Crippen molar-refractivity contribution in [3.05, 3.63) is 59.9 Å². The van der Waals surface area contributed by atoms with Gasteiger partial charge in [0.1, 0.15) is 18.1 Å². The highest BCUT2D eigenvalue weighted by molar-refractivity contribution is 6.04. The predicted octanol–water partition coefficient (Wildman–Crippen LogP) is 3.73. The van der Waals surface area contributed by atoms with Crippen molar-refractivity contribution in [2.75, 3.05) is 36.6 Å². The molecule has 2 aromatic carbocycles. The van der Waals surface area contributed by atoms with Crippen molar-refractivity contribution >= 4 is 53.5 Å². The minimum Gasteiger partial charge on any atom is -0.490 e. The largest absolute Gasteiger partial charge is 0.490 e. The van der Waals surface area contributed by atoms with E-state index >= 15 is 0 Å². The molecule has 0 radical (unpaired) electrons. The van der Waals surface area contributed by atoms with E-state index in [1.807, 2.05) is 6.92 Å². The number of nitrogens with zero attached hydrogens (tertiary/aromatic N) is 3. The molecule has 0 spiro atoms. The first-order valence-electron chi connectivity index (χ1n) is 17.2. The quantitative estimate of drug-likeness (QED) is 0.0706. The number of ether oxygens (including phenoxy) is 3. The second-order valence-corrected chi connectivity index (χ2v) is 12.6. The number of nitrogen functional groups attached to an aromatic ring is 1. The Morgan fingerprint density at radius 1 is 1.06 bits per heavy atom. The second-order valence-electron chi connectivity index (χ2n) is 12.6. The van der Waals surface area contributed by atoms with E-state index < -0.39 is 18.5 Å². The minimum atomic E-state index is -0.872. The predicted molar refractivity (Wildman–Crippen MR) is 196 cm³/mol. The van der Waals surface area contributed by atoms with E-state index in [-0.39, 0.29) is 43.7 Å². The highest BCUT2D eigenvalue weighted by atomic mass is 16.7. The third-order valence-electron chi connectivity index (χ3n) is 8.58. The maximum atomic E-state index is 12.8. The molecule has 1 aromatic heterocycles. The van der Waals surface area contributed by atoms with Crippen LogP contribution >= 0.6 is 0 Å². The molecule has 6 N–H and O–H groups in total. The number of carbonyl (C=O) groups is 4. The lowest BCUT2D eigenvalue weighted by atomic mass is 10.0. The molecule has 52 heavy (non-hydrogen) atoms. The lowest BCUT2D eigenvalue weighted by Gasteiger charge is -2.31. The monoisotopic (exact) mass is 720 g/mol. The summed E-state index contributed by atoms with van der Waals surface area (Å²) in [6, 6.07) is 11.8.